The molecule has 1 aromatic heterocycles. The van der Waals surface area contributed by atoms with E-state index in [4.69, 9.17) is 14.2 Å². The lowest BCUT2D eigenvalue weighted by atomic mass is 10.1. The third kappa shape index (κ3) is 3.28. The van der Waals surface area contributed by atoms with E-state index in [9.17, 15) is 0 Å². The molecule has 1 heterocycles. The van der Waals surface area contributed by atoms with Crippen molar-refractivity contribution in [3.63, 3.8) is 0 Å². The summed E-state index contributed by atoms with van der Waals surface area (Å²) in [6.45, 7) is 2.73. The van der Waals surface area contributed by atoms with Gasteiger partial charge in [-0.2, -0.15) is 0 Å². The molecule has 0 aliphatic heterocycles. The first kappa shape index (κ1) is 16.8. The van der Waals surface area contributed by atoms with Crippen molar-refractivity contribution in [2.24, 2.45) is 0 Å². The summed E-state index contributed by atoms with van der Waals surface area (Å²) in [4.78, 5) is 8.72. The summed E-state index contributed by atoms with van der Waals surface area (Å²) in [7, 11) is 4.74. The molecule has 0 bridgehead atoms. The van der Waals surface area contributed by atoms with Gasteiger partial charge in [0, 0.05) is 6.54 Å². The lowest BCUT2D eigenvalue weighted by Gasteiger charge is -2.16. The molecule has 0 unspecified atom stereocenters. The highest BCUT2D eigenvalue weighted by atomic mass is 16.5. The Bertz CT molecular complexity index is 879. The van der Waals surface area contributed by atoms with E-state index in [1.807, 2.05) is 6.07 Å². The molecule has 0 radical (unpaired) electrons. The van der Waals surface area contributed by atoms with Crippen LogP contribution < -0.4 is 19.5 Å². The van der Waals surface area contributed by atoms with Crippen LogP contribution in [0.2, 0.25) is 0 Å². The van der Waals surface area contributed by atoms with Gasteiger partial charge in [0.15, 0.2) is 11.5 Å². The van der Waals surface area contributed by atoms with Gasteiger partial charge in [-0.25, -0.2) is 9.97 Å². The van der Waals surface area contributed by atoms with E-state index in [2.05, 4.69) is 46.5 Å². The minimum atomic E-state index is 0.515. The molecule has 0 spiro atoms. The summed E-state index contributed by atoms with van der Waals surface area (Å²) in [5.74, 6) is 2.32. The van der Waals surface area contributed by atoms with E-state index < -0.39 is 0 Å². The number of aromatic nitrogens is 2. The molecular formula is C19H21N3O3. The van der Waals surface area contributed by atoms with E-state index in [1.54, 1.807) is 21.3 Å². The largest absolute Gasteiger partial charge is 0.493 e. The van der Waals surface area contributed by atoms with Gasteiger partial charge in [-0.15, -0.1) is 0 Å². The average Bonchev–Trinajstić information content (AvgIpc) is 2.65. The summed E-state index contributed by atoms with van der Waals surface area (Å²) < 4.78 is 16.3. The minimum Gasteiger partial charge on any atom is -0.493 e. The van der Waals surface area contributed by atoms with Crippen LogP contribution >= 0.6 is 0 Å². The van der Waals surface area contributed by atoms with Crippen molar-refractivity contribution in [1.82, 2.24) is 9.97 Å². The molecule has 130 valence electrons. The molecule has 6 nitrogen and oxygen atoms in total. The Hall–Kier alpha value is -3.02. The Labute approximate surface area is 146 Å². The zero-order valence-corrected chi connectivity index (χ0v) is 14.8. The standard InChI is InChI=1S/C19H21N3O3/c1-12-5-7-13(8-6-12)10-20-19-14-9-15(23-2)17(24-3)18(25-4)16(14)21-11-22-19/h5-9,11H,10H2,1-4H3,(H,20,21,22). The number of fused-ring (bicyclic) bond motifs is 1. The maximum atomic E-state index is 5.50. The number of hydrogen-bond acceptors (Lipinski definition) is 6. The van der Waals surface area contributed by atoms with Crippen LogP contribution in [0.25, 0.3) is 10.9 Å². The molecule has 0 aliphatic rings. The van der Waals surface area contributed by atoms with Crippen molar-refractivity contribution in [2.45, 2.75) is 13.5 Å². The van der Waals surface area contributed by atoms with Crippen LogP contribution in [0, 0.1) is 6.92 Å². The molecule has 0 fully saturated rings. The number of anilines is 1. The molecule has 6 heteroatoms. The van der Waals surface area contributed by atoms with Crippen LogP contribution in [-0.2, 0) is 6.54 Å². The van der Waals surface area contributed by atoms with E-state index >= 15 is 0 Å². The van der Waals surface area contributed by atoms with Crippen molar-refractivity contribution in [3.05, 3.63) is 47.8 Å². The lowest BCUT2D eigenvalue weighted by Crippen LogP contribution is -2.04. The number of ether oxygens (including phenoxy) is 3. The van der Waals surface area contributed by atoms with Gasteiger partial charge in [0.2, 0.25) is 5.75 Å². The fourth-order valence-electron chi connectivity index (χ4n) is 2.70. The molecule has 2 aromatic carbocycles. The normalized spacial score (nSPS) is 10.6. The summed E-state index contributed by atoms with van der Waals surface area (Å²) in [5.41, 5.74) is 3.07. The van der Waals surface area contributed by atoms with Crippen LogP contribution in [-0.4, -0.2) is 31.3 Å². The molecule has 0 aliphatic carbocycles. The molecule has 0 amide bonds. The smallest absolute Gasteiger partial charge is 0.205 e. The second-order valence-corrected chi connectivity index (χ2v) is 5.60. The van der Waals surface area contributed by atoms with Crippen LogP contribution in [0.15, 0.2) is 36.7 Å². The second kappa shape index (κ2) is 7.25. The maximum absolute atomic E-state index is 5.50. The number of rotatable bonds is 6. The highest BCUT2D eigenvalue weighted by Gasteiger charge is 2.19. The number of nitrogens with zero attached hydrogens (tertiary/aromatic N) is 2. The van der Waals surface area contributed by atoms with E-state index in [1.165, 1.54) is 17.5 Å². The molecule has 3 rings (SSSR count). The van der Waals surface area contributed by atoms with Gasteiger partial charge in [-0.05, 0) is 18.6 Å². The van der Waals surface area contributed by atoms with Gasteiger partial charge in [0.05, 0.1) is 26.7 Å². The Morgan fingerprint density at radius 3 is 2.28 bits per heavy atom. The first-order chi connectivity index (χ1) is 12.2. The van der Waals surface area contributed by atoms with Gasteiger partial charge in [0.25, 0.3) is 0 Å². The number of aryl methyl sites for hydroxylation is 1. The fraction of sp³-hybridized carbons (Fsp3) is 0.263. The van der Waals surface area contributed by atoms with Crippen LogP contribution in [0.5, 0.6) is 17.2 Å². The Morgan fingerprint density at radius 2 is 1.64 bits per heavy atom. The number of benzene rings is 2. The van der Waals surface area contributed by atoms with Crippen molar-refractivity contribution in [3.8, 4) is 17.2 Å². The zero-order valence-electron chi connectivity index (χ0n) is 14.8. The molecule has 1 N–H and O–H groups in total. The minimum absolute atomic E-state index is 0.515. The summed E-state index contributed by atoms with van der Waals surface area (Å²) in [6, 6.07) is 10.2. The Morgan fingerprint density at radius 1 is 0.920 bits per heavy atom. The Balaban J connectivity index is 2.02. The van der Waals surface area contributed by atoms with E-state index in [0.29, 0.717) is 35.1 Å². The van der Waals surface area contributed by atoms with Crippen LogP contribution in [0.4, 0.5) is 5.82 Å². The quantitative estimate of drug-likeness (QED) is 0.740. The number of methoxy groups -OCH3 is 3. The molecule has 25 heavy (non-hydrogen) atoms. The lowest BCUT2D eigenvalue weighted by molar-refractivity contribution is 0.327. The summed E-state index contributed by atoms with van der Waals surface area (Å²) in [6.07, 6.45) is 1.51. The maximum Gasteiger partial charge on any atom is 0.205 e. The zero-order chi connectivity index (χ0) is 17.8. The van der Waals surface area contributed by atoms with Gasteiger partial charge in [-0.3, -0.25) is 0 Å². The van der Waals surface area contributed by atoms with Gasteiger partial charge >= 0.3 is 0 Å². The molecule has 0 atom stereocenters. The van der Waals surface area contributed by atoms with E-state index in [0.717, 1.165) is 5.39 Å². The monoisotopic (exact) mass is 339 g/mol. The van der Waals surface area contributed by atoms with Gasteiger partial charge in [0.1, 0.15) is 17.7 Å². The van der Waals surface area contributed by atoms with E-state index in [-0.39, 0.29) is 0 Å². The van der Waals surface area contributed by atoms with Crippen molar-refractivity contribution < 1.29 is 14.2 Å². The number of nitrogens with one attached hydrogen (secondary N) is 1. The summed E-state index contributed by atoms with van der Waals surface area (Å²) >= 11 is 0. The Kier molecular flexibility index (Phi) is 4.88. The molecule has 0 saturated heterocycles. The third-order valence-electron chi connectivity index (χ3n) is 4.01. The molecule has 0 saturated carbocycles. The van der Waals surface area contributed by atoms with Crippen molar-refractivity contribution in [2.75, 3.05) is 26.6 Å². The summed E-state index contributed by atoms with van der Waals surface area (Å²) in [5, 5.41) is 4.17. The van der Waals surface area contributed by atoms with Crippen molar-refractivity contribution >= 4 is 16.7 Å². The molecular weight excluding hydrogens is 318 g/mol. The van der Waals surface area contributed by atoms with Crippen molar-refractivity contribution in [1.29, 1.82) is 0 Å². The fourth-order valence-corrected chi connectivity index (χ4v) is 2.70. The first-order valence-electron chi connectivity index (χ1n) is 7.91. The molecule has 3 aromatic rings. The predicted molar refractivity (Wildman–Crippen MR) is 97.7 cm³/mol. The third-order valence-corrected chi connectivity index (χ3v) is 4.01. The van der Waals surface area contributed by atoms with Crippen LogP contribution in [0.3, 0.4) is 0 Å². The van der Waals surface area contributed by atoms with Crippen LogP contribution in [0.1, 0.15) is 11.1 Å². The van der Waals surface area contributed by atoms with Gasteiger partial charge < -0.3 is 19.5 Å². The van der Waals surface area contributed by atoms with Gasteiger partial charge in [-0.1, -0.05) is 29.8 Å². The highest BCUT2D eigenvalue weighted by molar-refractivity contribution is 5.96. The second-order valence-electron chi connectivity index (χ2n) is 5.60. The number of hydrogen-bond donors (Lipinski definition) is 1. The SMILES string of the molecule is COc1cc2c(NCc3ccc(C)cc3)ncnc2c(OC)c1OC. The topological polar surface area (TPSA) is 65.5 Å². The highest BCUT2D eigenvalue weighted by Crippen LogP contribution is 2.43. The average molecular weight is 339 g/mol. The predicted octanol–water partition coefficient (Wildman–Crippen LogP) is 3.58. The first-order valence-corrected chi connectivity index (χ1v) is 7.91.